The SMILES string of the molecule is Oc1ccc(Cn2nnc3ncc(Br)nc32)cc1. The average Bonchev–Trinajstić information content (AvgIpc) is 2.75. The highest BCUT2D eigenvalue weighted by Crippen LogP contribution is 2.14. The van der Waals surface area contributed by atoms with Crippen LogP contribution in [0.3, 0.4) is 0 Å². The highest BCUT2D eigenvalue weighted by Gasteiger charge is 2.08. The molecule has 1 aromatic carbocycles. The van der Waals surface area contributed by atoms with Crippen LogP contribution in [0.5, 0.6) is 5.75 Å². The summed E-state index contributed by atoms with van der Waals surface area (Å²) >= 11 is 3.27. The molecule has 7 heteroatoms. The molecule has 0 fully saturated rings. The predicted molar refractivity (Wildman–Crippen MR) is 68.0 cm³/mol. The summed E-state index contributed by atoms with van der Waals surface area (Å²) in [7, 11) is 0. The van der Waals surface area contributed by atoms with E-state index in [1.807, 2.05) is 12.1 Å². The van der Waals surface area contributed by atoms with Crippen LogP contribution >= 0.6 is 15.9 Å². The van der Waals surface area contributed by atoms with Crippen molar-refractivity contribution in [3.63, 3.8) is 0 Å². The molecule has 0 spiro atoms. The van der Waals surface area contributed by atoms with E-state index < -0.39 is 0 Å². The van der Waals surface area contributed by atoms with E-state index >= 15 is 0 Å². The number of phenols is 1. The maximum absolute atomic E-state index is 9.23. The Morgan fingerprint density at radius 1 is 1.22 bits per heavy atom. The van der Waals surface area contributed by atoms with Gasteiger partial charge in [-0.25, -0.2) is 14.6 Å². The van der Waals surface area contributed by atoms with E-state index in [1.54, 1.807) is 23.0 Å². The van der Waals surface area contributed by atoms with Crippen molar-refractivity contribution in [3.05, 3.63) is 40.6 Å². The highest BCUT2D eigenvalue weighted by molar-refractivity contribution is 9.10. The molecule has 0 aliphatic rings. The Hall–Kier alpha value is -2.02. The third-order valence-electron chi connectivity index (χ3n) is 2.47. The van der Waals surface area contributed by atoms with Crippen LogP contribution < -0.4 is 0 Å². The highest BCUT2D eigenvalue weighted by atomic mass is 79.9. The third kappa shape index (κ3) is 2.04. The fraction of sp³-hybridized carbons (Fsp3) is 0.0909. The number of aromatic nitrogens is 5. The minimum Gasteiger partial charge on any atom is -0.508 e. The lowest BCUT2D eigenvalue weighted by atomic mass is 10.2. The van der Waals surface area contributed by atoms with E-state index in [1.165, 1.54) is 0 Å². The van der Waals surface area contributed by atoms with Crippen LogP contribution in [0, 0.1) is 0 Å². The number of hydrogen-bond acceptors (Lipinski definition) is 5. The van der Waals surface area contributed by atoms with E-state index in [-0.39, 0.29) is 5.75 Å². The first-order chi connectivity index (χ1) is 8.72. The minimum absolute atomic E-state index is 0.240. The van der Waals surface area contributed by atoms with Gasteiger partial charge in [0.1, 0.15) is 10.4 Å². The zero-order chi connectivity index (χ0) is 12.5. The van der Waals surface area contributed by atoms with Crippen molar-refractivity contribution < 1.29 is 5.11 Å². The van der Waals surface area contributed by atoms with Gasteiger partial charge in [0.15, 0.2) is 5.65 Å². The number of nitrogens with zero attached hydrogens (tertiary/aromatic N) is 5. The van der Waals surface area contributed by atoms with Crippen molar-refractivity contribution in [1.82, 2.24) is 25.0 Å². The Bertz CT molecular complexity index is 694. The second-order valence-electron chi connectivity index (χ2n) is 3.75. The summed E-state index contributed by atoms with van der Waals surface area (Å²) < 4.78 is 2.31. The molecule has 6 nitrogen and oxygen atoms in total. The Morgan fingerprint density at radius 3 is 2.78 bits per heavy atom. The average molecular weight is 306 g/mol. The molecule has 3 rings (SSSR count). The zero-order valence-electron chi connectivity index (χ0n) is 9.16. The van der Waals surface area contributed by atoms with Crippen LogP contribution in [0.25, 0.3) is 11.3 Å². The number of rotatable bonds is 2. The topological polar surface area (TPSA) is 76.7 Å². The molecule has 0 aliphatic heterocycles. The Morgan fingerprint density at radius 2 is 2.00 bits per heavy atom. The van der Waals surface area contributed by atoms with Crippen LogP contribution in [-0.4, -0.2) is 30.1 Å². The van der Waals surface area contributed by atoms with Crippen molar-refractivity contribution in [2.75, 3.05) is 0 Å². The van der Waals surface area contributed by atoms with Gasteiger partial charge in [0.25, 0.3) is 0 Å². The maximum Gasteiger partial charge on any atom is 0.221 e. The lowest BCUT2D eigenvalue weighted by Crippen LogP contribution is -2.03. The molecule has 18 heavy (non-hydrogen) atoms. The van der Waals surface area contributed by atoms with E-state index in [0.29, 0.717) is 22.4 Å². The van der Waals surface area contributed by atoms with Crippen LogP contribution in [0.15, 0.2) is 35.1 Å². The van der Waals surface area contributed by atoms with E-state index in [0.717, 1.165) is 5.56 Å². The van der Waals surface area contributed by atoms with Gasteiger partial charge in [-0.05, 0) is 33.6 Å². The number of hydrogen-bond donors (Lipinski definition) is 1. The summed E-state index contributed by atoms with van der Waals surface area (Å²) in [4.78, 5) is 8.41. The molecular formula is C11H8BrN5O. The number of aromatic hydroxyl groups is 1. The molecule has 0 unspecified atom stereocenters. The van der Waals surface area contributed by atoms with Gasteiger partial charge in [-0.15, -0.1) is 5.10 Å². The lowest BCUT2D eigenvalue weighted by molar-refractivity contribution is 0.475. The molecule has 0 atom stereocenters. The summed E-state index contributed by atoms with van der Waals surface area (Å²) in [6.45, 7) is 0.530. The van der Waals surface area contributed by atoms with Crippen LogP contribution in [0.4, 0.5) is 0 Å². The molecule has 0 aliphatic carbocycles. The van der Waals surface area contributed by atoms with Crippen molar-refractivity contribution in [1.29, 1.82) is 0 Å². The van der Waals surface area contributed by atoms with Crippen LogP contribution in [0.1, 0.15) is 5.56 Å². The Labute approximate surface area is 110 Å². The summed E-state index contributed by atoms with van der Waals surface area (Å²) in [6.07, 6.45) is 1.59. The number of phenolic OH excluding ortho intramolecular Hbond substituents is 1. The van der Waals surface area contributed by atoms with Gasteiger partial charge in [-0.1, -0.05) is 17.3 Å². The van der Waals surface area contributed by atoms with Crippen molar-refractivity contribution in [2.45, 2.75) is 6.54 Å². The summed E-state index contributed by atoms with van der Waals surface area (Å²) in [6, 6.07) is 6.93. The van der Waals surface area contributed by atoms with Gasteiger partial charge < -0.3 is 5.11 Å². The van der Waals surface area contributed by atoms with Gasteiger partial charge in [0.05, 0.1) is 12.7 Å². The lowest BCUT2D eigenvalue weighted by Gasteiger charge is -2.02. The van der Waals surface area contributed by atoms with Gasteiger partial charge >= 0.3 is 0 Å². The summed E-state index contributed by atoms with van der Waals surface area (Å²) in [5.74, 6) is 0.240. The third-order valence-corrected chi connectivity index (χ3v) is 2.85. The predicted octanol–water partition coefficient (Wildman–Crippen LogP) is 1.74. The molecule has 1 N–H and O–H groups in total. The molecule has 2 heterocycles. The minimum atomic E-state index is 0.240. The Balaban J connectivity index is 1.99. The smallest absolute Gasteiger partial charge is 0.221 e. The van der Waals surface area contributed by atoms with Gasteiger partial charge in [0.2, 0.25) is 5.65 Å². The monoisotopic (exact) mass is 305 g/mol. The first-order valence-corrected chi connectivity index (χ1v) is 6.01. The first-order valence-electron chi connectivity index (χ1n) is 5.22. The van der Waals surface area contributed by atoms with Gasteiger partial charge in [-0.2, -0.15) is 0 Å². The van der Waals surface area contributed by atoms with E-state index in [9.17, 15) is 5.11 Å². The molecule has 0 saturated heterocycles. The molecule has 0 bridgehead atoms. The van der Waals surface area contributed by atoms with Gasteiger partial charge in [0, 0.05) is 0 Å². The fourth-order valence-electron chi connectivity index (χ4n) is 1.62. The van der Waals surface area contributed by atoms with Gasteiger partial charge in [-0.3, -0.25) is 0 Å². The summed E-state index contributed by atoms with van der Waals surface area (Å²) in [5.41, 5.74) is 2.14. The van der Waals surface area contributed by atoms with Crippen molar-refractivity contribution in [3.8, 4) is 5.75 Å². The molecule has 2 aromatic heterocycles. The molecular weight excluding hydrogens is 298 g/mol. The zero-order valence-corrected chi connectivity index (χ0v) is 10.7. The van der Waals surface area contributed by atoms with E-state index in [2.05, 4.69) is 36.2 Å². The van der Waals surface area contributed by atoms with Crippen LogP contribution in [0.2, 0.25) is 0 Å². The second-order valence-corrected chi connectivity index (χ2v) is 4.57. The number of halogens is 1. The van der Waals surface area contributed by atoms with Crippen molar-refractivity contribution in [2.24, 2.45) is 0 Å². The normalized spacial score (nSPS) is 10.9. The quantitative estimate of drug-likeness (QED) is 0.780. The molecule has 0 amide bonds. The standard InChI is InChI=1S/C11H8BrN5O/c12-9-5-13-10-11(14-9)17(16-15-10)6-7-1-3-8(18)4-2-7/h1-5,18H,6H2. The number of benzene rings is 1. The molecule has 90 valence electrons. The summed E-state index contributed by atoms with van der Waals surface area (Å²) in [5, 5.41) is 17.2. The molecule has 0 radical (unpaired) electrons. The molecule has 3 aromatic rings. The molecule has 0 saturated carbocycles. The van der Waals surface area contributed by atoms with E-state index in [4.69, 9.17) is 0 Å². The second kappa shape index (κ2) is 4.34. The number of fused-ring (bicyclic) bond motifs is 1. The first kappa shape index (κ1) is 11.1. The maximum atomic E-state index is 9.23. The van der Waals surface area contributed by atoms with Crippen molar-refractivity contribution >= 4 is 27.2 Å². The largest absolute Gasteiger partial charge is 0.508 e. The fourth-order valence-corrected chi connectivity index (χ4v) is 1.89. The van der Waals surface area contributed by atoms with Crippen LogP contribution in [-0.2, 0) is 6.54 Å². The Kier molecular flexibility index (Phi) is 2.67.